The van der Waals surface area contributed by atoms with Gasteiger partial charge in [-0.2, -0.15) is 0 Å². The number of β-lactam (4-membered cyclic amide) rings is 2. The summed E-state index contributed by atoms with van der Waals surface area (Å²) < 4.78 is 11.6. The zero-order valence-electron chi connectivity index (χ0n) is 51.2. The number of carbonyl (C=O) groups is 6. The summed E-state index contributed by atoms with van der Waals surface area (Å²) in [7, 11) is 0. The molecular weight excluding hydrogens is 1160 g/mol. The first kappa shape index (κ1) is 65.4. The first-order chi connectivity index (χ1) is 43.7. The largest absolute Gasteiger partial charge is 0.457 e. The Hall–Kier alpha value is -9.02. The van der Waals surface area contributed by atoms with E-state index in [0.717, 1.165) is 43.8 Å². The van der Waals surface area contributed by atoms with E-state index in [1.54, 1.807) is 29.2 Å². The van der Waals surface area contributed by atoms with Gasteiger partial charge in [-0.1, -0.05) is 264 Å². The third-order valence-electron chi connectivity index (χ3n) is 16.6. The molecule has 0 radical (unpaired) electrons. The van der Waals surface area contributed by atoms with Crippen LogP contribution >= 0.6 is 13.8 Å². The molecule has 2 amide bonds. The zero-order chi connectivity index (χ0) is 64.0. The zero-order valence-corrected chi connectivity index (χ0v) is 53.0. The number of hydrogen-bond donors (Lipinski definition) is 2. The van der Waals surface area contributed by atoms with E-state index in [-0.39, 0.29) is 66.9 Å². The van der Waals surface area contributed by atoms with Gasteiger partial charge >= 0.3 is 11.9 Å². The Morgan fingerprint density at radius 2 is 0.789 bits per heavy atom. The van der Waals surface area contributed by atoms with Crippen molar-refractivity contribution < 1.29 is 48.5 Å². The molecule has 2 heterocycles. The molecule has 2 fully saturated rings. The van der Waals surface area contributed by atoms with Gasteiger partial charge in [0.15, 0.2) is 11.6 Å². The van der Waals surface area contributed by atoms with Crippen LogP contribution in [0, 0.1) is 17.8 Å². The van der Waals surface area contributed by atoms with E-state index in [0.29, 0.717) is 16.7 Å². The fourth-order valence-corrected chi connectivity index (χ4v) is 21.3. The van der Waals surface area contributed by atoms with E-state index in [4.69, 9.17) is 9.47 Å². The summed E-state index contributed by atoms with van der Waals surface area (Å²) >= 11 is 0. The van der Waals surface area contributed by atoms with Crippen LogP contribution in [0.3, 0.4) is 0 Å². The van der Waals surface area contributed by atoms with Gasteiger partial charge in [0.1, 0.15) is 24.0 Å². The number of aliphatic hydroxyl groups is 2. The van der Waals surface area contributed by atoms with Crippen LogP contribution in [0.15, 0.2) is 256 Å². The number of amides is 2. The van der Waals surface area contributed by atoms with Crippen LogP contribution in [0.1, 0.15) is 72.4 Å². The Kier molecular flexibility index (Phi) is 21.8. The third-order valence-corrected chi connectivity index (χ3v) is 25.1. The summed E-state index contributed by atoms with van der Waals surface area (Å²) in [6.45, 7) is 8.53. The summed E-state index contributed by atoms with van der Waals surface area (Å²) in [6, 6.07) is 71.5. The molecule has 8 aromatic rings. The van der Waals surface area contributed by atoms with E-state index < -0.39 is 61.6 Å². The number of ketones is 2. The summed E-state index contributed by atoms with van der Waals surface area (Å²) in [5.41, 5.74) is 3.06. The van der Waals surface area contributed by atoms with Gasteiger partial charge in [-0.3, -0.25) is 19.2 Å². The van der Waals surface area contributed by atoms with E-state index in [9.17, 15) is 39.0 Å². The van der Waals surface area contributed by atoms with Crippen molar-refractivity contribution in [3.8, 4) is 0 Å². The minimum Gasteiger partial charge on any atom is -0.457 e. The third kappa shape index (κ3) is 13.2. The molecule has 0 bridgehead atoms. The van der Waals surface area contributed by atoms with E-state index in [2.05, 4.69) is 20.1 Å². The van der Waals surface area contributed by atoms with Crippen molar-refractivity contribution in [1.29, 1.82) is 0 Å². The first-order valence-electron chi connectivity index (χ1n) is 30.3. The number of aryl methyl sites for hydroxylation is 1. The van der Waals surface area contributed by atoms with Gasteiger partial charge in [0.25, 0.3) is 0 Å². The summed E-state index contributed by atoms with van der Waals surface area (Å²) in [6.07, 6.45) is 2.69. The van der Waals surface area contributed by atoms with Gasteiger partial charge in [0.2, 0.25) is 11.8 Å². The predicted octanol–water partition coefficient (Wildman–Crippen LogP) is 9.97. The first-order valence-corrected chi connectivity index (χ1v) is 33.9. The topological polar surface area (TPSA) is 168 Å². The normalized spacial score (nSPS) is 16.5. The number of Topliss-reactive ketones (excluding diaryl/α,β-unsaturated/α-hetero) is 2. The number of ether oxygens (including phenoxy) is 2. The van der Waals surface area contributed by atoms with Gasteiger partial charge in [0.05, 0.1) is 36.6 Å². The molecule has 12 nitrogen and oxygen atoms in total. The van der Waals surface area contributed by atoms with Gasteiger partial charge < -0.3 is 29.5 Å². The highest BCUT2D eigenvalue weighted by atomic mass is 31.2. The summed E-state index contributed by atoms with van der Waals surface area (Å²) in [5, 5.41) is 25.6. The van der Waals surface area contributed by atoms with Crippen LogP contribution in [0.4, 0.5) is 0 Å². The molecule has 90 heavy (non-hydrogen) atoms. The molecule has 0 spiro atoms. The van der Waals surface area contributed by atoms with Crippen molar-refractivity contribution in [1.82, 2.24) is 9.80 Å². The number of benzene rings is 8. The molecule has 2 aliphatic heterocycles. The average molecular weight is 1240 g/mol. The highest BCUT2D eigenvalue weighted by molar-refractivity contribution is 7.97. The van der Waals surface area contributed by atoms with Crippen LogP contribution in [-0.4, -0.2) is 97.6 Å². The quantitative estimate of drug-likeness (QED) is 0.0195. The van der Waals surface area contributed by atoms with Crippen LogP contribution in [-0.2, 0) is 41.7 Å². The van der Waals surface area contributed by atoms with E-state index in [1.165, 1.54) is 24.0 Å². The maximum Gasteiger partial charge on any atom is 0.356 e. The molecule has 460 valence electrons. The molecular formula is C76H76N2O10P2. The van der Waals surface area contributed by atoms with Gasteiger partial charge in [0, 0.05) is 37.7 Å². The van der Waals surface area contributed by atoms with Crippen molar-refractivity contribution in [2.45, 2.75) is 71.8 Å². The molecule has 8 aromatic carbocycles. The number of carbonyl (C=O) groups excluding carboxylic acids is 6. The fraction of sp³-hybridized carbons (Fsp3) is 0.211. The monoisotopic (exact) mass is 1240 g/mol. The van der Waals surface area contributed by atoms with Gasteiger partial charge in [-0.15, -0.1) is 0 Å². The number of rotatable bonds is 24. The Balaban J connectivity index is 0.000000213. The lowest BCUT2D eigenvalue weighted by atomic mass is 9.76. The molecule has 0 saturated carbocycles. The number of aliphatic hydroxyl groups excluding tert-OH is 2. The van der Waals surface area contributed by atoms with Crippen LogP contribution in [0.2, 0.25) is 0 Å². The molecule has 5 atom stereocenters. The molecule has 0 aromatic heterocycles. The Bertz CT molecular complexity index is 3520. The second-order valence-corrected chi connectivity index (χ2v) is 29.2. The molecule has 2 aliphatic rings. The summed E-state index contributed by atoms with van der Waals surface area (Å²) in [4.78, 5) is 88.2. The molecule has 0 aliphatic carbocycles. The maximum absolute atomic E-state index is 14.6. The summed E-state index contributed by atoms with van der Waals surface area (Å²) in [5.74, 6) is -3.60. The van der Waals surface area contributed by atoms with Crippen molar-refractivity contribution in [2.24, 2.45) is 17.8 Å². The second kappa shape index (κ2) is 30.0. The minimum absolute atomic E-state index is 0.0102. The van der Waals surface area contributed by atoms with E-state index in [1.807, 2.05) is 220 Å². The van der Waals surface area contributed by atoms with Crippen LogP contribution < -0.4 is 31.8 Å². The molecule has 2 saturated heterocycles. The number of likely N-dealkylation sites (tertiary alicyclic amines) is 2. The maximum atomic E-state index is 14.6. The SMILES string of the molecule is C=CCOC(=O)C(N1C(=O)[C@H](C(C)C)[C@H]1CC(=O)c1cccc(CC)c1)=P(c1ccccc1)(c1ccccc1)c1ccccc1.C=CCOC(=O)C(N1C(=O)[C@H]([C@@H](C)O)[C@H]1CC(=O)c1cccc(CO)c1)=P(c1ccccc1)(c1ccccc1)c1ccccc1. The lowest BCUT2D eigenvalue weighted by molar-refractivity contribution is -0.157. The number of nitrogens with zero attached hydrogens (tertiary/aromatic N) is 2. The Morgan fingerprint density at radius 3 is 1.09 bits per heavy atom. The van der Waals surface area contributed by atoms with Crippen molar-refractivity contribution in [3.05, 3.63) is 278 Å². The highest BCUT2D eigenvalue weighted by Gasteiger charge is 2.57. The lowest BCUT2D eigenvalue weighted by Gasteiger charge is -2.51. The molecule has 10 rings (SSSR count). The van der Waals surface area contributed by atoms with Crippen molar-refractivity contribution >= 4 is 91.8 Å². The molecule has 14 heteroatoms. The standard InChI is InChI=1S/C39H40NO4P.C37H36NO6P/c1-5-25-44-39(43)38(40-34(36(28(3)4)37(40)42)27-35(41)30-18-16-17-29(6-2)26-30)45(31-19-10-7-11-20-31,32-21-12-8-13-22-32)33-23-14-9-15-24-33;1-3-22-44-37(43)36(38-32(34(26(2)40)35(38)42)24-33(41)28-15-13-14-27(23-28)25-39)45(29-16-7-4-8-17-29,30-18-9-5-10-19-30)31-20-11-6-12-21-31/h5,7-24,26,28,34,36H,1,6,25,27H2,2-4H3;3-21,23,26,32,34,39-40H,1,22,24-25H2,2H3/t34-,36-;26-,32-,34-/m11/s1. The van der Waals surface area contributed by atoms with Gasteiger partial charge in [-0.05, 0) is 74.3 Å². The highest BCUT2D eigenvalue weighted by Crippen LogP contribution is 2.52. The average Bonchev–Trinajstić information content (AvgIpc) is 0.716. The minimum atomic E-state index is -3.15. The number of hydrogen-bond acceptors (Lipinski definition) is 10. The molecule has 0 unspecified atom stereocenters. The lowest BCUT2D eigenvalue weighted by Crippen LogP contribution is -2.68. The van der Waals surface area contributed by atoms with Crippen LogP contribution in [0.5, 0.6) is 0 Å². The van der Waals surface area contributed by atoms with Gasteiger partial charge in [-0.25, -0.2) is 9.59 Å². The molecule has 2 N–H and O–H groups in total. The van der Waals surface area contributed by atoms with Crippen molar-refractivity contribution in [3.63, 3.8) is 0 Å². The Labute approximate surface area is 528 Å². The van der Waals surface area contributed by atoms with Crippen molar-refractivity contribution in [2.75, 3.05) is 13.2 Å². The number of esters is 2. The second-order valence-electron chi connectivity index (χ2n) is 22.5. The predicted molar refractivity (Wildman–Crippen MR) is 363 cm³/mol. The fourth-order valence-electron chi connectivity index (χ4n) is 12.5. The smallest absolute Gasteiger partial charge is 0.356 e. The van der Waals surface area contributed by atoms with Crippen LogP contribution in [0.25, 0.3) is 0 Å². The van der Waals surface area contributed by atoms with E-state index >= 15 is 0 Å². The Morgan fingerprint density at radius 1 is 0.478 bits per heavy atom.